The molecule has 1 aromatic carbocycles. The Balaban J connectivity index is 2.38. The summed E-state index contributed by atoms with van der Waals surface area (Å²) in [6.07, 6.45) is 0.794. The van der Waals surface area contributed by atoms with Gasteiger partial charge in [-0.05, 0) is 24.7 Å². The Morgan fingerprint density at radius 1 is 1.31 bits per heavy atom. The standard InChI is InChI=1S/C11H10Cl2N2S/c12-7-1-2-9(13)8(5-7)10-6-16-11(15-10)3-4-14/h1-2,5-6H,3-4,14H2. The maximum atomic E-state index is 6.10. The third-order valence-corrected chi connectivity index (χ3v) is 3.59. The number of nitrogens with two attached hydrogens (primary N) is 1. The number of hydrogen-bond acceptors (Lipinski definition) is 3. The second kappa shape index (κ2) is 5.15. The zero-order chi connectivity index (χ0) is 11.5. The van der Waals surface area contributed by atoms with E-state index in [2.05, 4.69) is 4.98 Å². The number of halogens is 2. The van der Waals surface area contributed by atoms with Crippen molar-refractivity contribution in [1.29, 1.82) is 0 Å². The molecule has 0 saturated carbocycles. The minimum Gasteiger partial charge on any atom is -0.330 e. The molecule has 0 spiro atoms. The average molecular weight is 273 g/mol. The van der Waals surface area contributed by atoms with Gasteiger partial charge in [-0.2, -0.15) is 0 Å². The van der Waals surface area contributed by atoms with Gasteiger partial charge in [-0.25, -0.2) is 4.98 Å². The lowest BCUT2D eigenvalue weighted by Gasteiger charge is -2.00. The molecule has 5 heteroatoms. The molecule has 0 bridgehead atoms. The topological polar surface area (TPSA) is 38.9 Å². The highest BCUT2D eigenvalue weighted by atomic mass is 35.5. The molecule has 0 amide bonds. The molecule has 1 aromatic heterocycles. The molecule has 16 heavy (non-hydrogen) atoms. The second-order valence-corrected chi connectivity index (χ2v) is 5.08. The first-order valence-electron chi connectivity index (χ1n) is 4.80. The van der Waals surface area contributed by atoms with Crippen molar-refractivity contribution >= 4 is 34.5 Å². The zero-order valence-electron chi connectivity index (χ0n) is 8.41. The molecule has 0 unspecified atom stereocenters. The van der Waals surface area contributed by atoms with Crippen LogP contribution in [-0.2, 0) is 6.42 Å². The van der Waals surface area contributed by atoms with E-state index < -0.39 is 0 Å². The van der Waals surface area contributed by atoms with Gasteiger partial charge in [-0.3, -0.25) is 0 Å². The Kier molecular flexibility index (Phi) is 3.82. The monoisotopic (exact) mass is 272 g/mol. The second-order valence-electron chi connectivity index (χ2n) is 3.29. The van der Waals surface area contributed by atoms with Crippen LogP contribution in [0.4, 0.5) is 0 Å². The fourth-order valence-electron chi connectivity index (χ4n) is 1.37. The molecular weight excluding hydrogens is 263 g/mol. The van der Waals surface area contributed by atoms with Gasteiger partial charge < -0.3 is 5.73 Å². The van der Waals surface area contributed by atoms with Gasteiger partial charge >= 0.3 is 0 Å². The van der Waals surface area contributed by atoms with Crippen LogP contribution in [-0.4, -0.2) is 11.5 Å². The Bertz CT molecular complexity index is 496. The third-order valence-electron chi connectivity index (χ3n) is 2.11. The van der Waals surface area contributed by atoms with Crippen LogP contribution >= 0.6 is 34.5 Å². The molecule has 0 fully saturated rings. The maximum absolute atomic E-state index is 6.10. The van der Waals surface area contributed by atoms with E-state index >= 15 is 0 Å². The molecule has 2 aromatic rings. The number of hydrogen-bond donors (Lipinski definition) is 1. The van der Waals surface area contributed by atoms with Crippen molar-refractivity contribution < 1.29 is 0 Å². The van der Waals surface area contributed by atoms with Gasteiger partial charge in [0.05, 0.1) is 15.7 Å². The molecule has 0 saturated heterocycles. The van der Waals surface area contributed by atoms with Crippen LogP contribution in [0, 0.1) is 0 Å². The summed E-state index contributed by atoms with van der Waals surface area (Å²) in [5.41, 5.74) is 7.21. The molecular formula is C11H10Cl2N2S. The third kappa shape index (κ3) is 2.55. The van der Waals surface area contributed by atoms with E-state index in [1.54, 1.807) is 23.5 Å². The number of thiazole rings is 1. The van der Waals surface area contributed by atoms with Gasteiger partial charge in [0.15, 0.2) is 0 Å². The molecule has 0 atom stereocenters. The first-order valence-corrected chi connectivity index (χ1v) is 6.44. The summed E-state index contributed by atoms with van der Waals surface area (Å²) in [6, 6.07) is 5.37. The van der Waals surface area contributed by atoms with Crippen LogP contribution in [0.3, 0.4) is 0 Å². The number of rotatable bonds is 3. The SMILES string of the molecule is NCCc1nc(-c2cc(Cl)ccc2Cl)cs1. The quantitative estimate of drug-likeness (QED) is 0.927. The van der Waals surface area contributed by atoms with E-state index in [4.69, 9.17) is 28.9 Å². The van der Waals surface area contributed by atoms with Gasteiger partial charge in [-0.15, -0.1) is 11.3 Å². The Morgan fingerprint density at radius 2 is 2.12 bits per heavy atom. The first kappa shape index (κ1) is 11.9. The van der Waals surface area contributed by atoms with Gasteiger partial charge in [0.2, 0.25) is 0 Å². The fraction of sp³-hybridized carbons (Fsp3) is 0.182. The highest BCUT2D eigenvalue weighted by molar-refractivity contribution is 7.09. The fourth-order valence-corrected chi connectivity index (χ4v) is 2.57. The van der Waals surface area contributed by atoms with Crippen LogP contribution in [0.25, 0.3) is 11.3 Å². The van der Waals surface area contributed by atoms with E-state index in [1.165, 1.54) is 0 Å². The lowest BCUT2D eigenvalue weighted by molar-refractivity contribution is 0.954. The van der Waals surface area contributed by atoms with Crippen LogP contribution in [0.5, 0.6) is 0 Å². The van der Waals surface area contributed by atoms with Crippen molar-refractivity contribution in [2.75, 3.05) is 6.54 Å². The van der Waals surface area contributed by atoms with Gasteiger partial charge in [-0.1, -0.05) is 23.2 Å². The van der Waals surface area contributed by atoms with E-state index in [9.17, 15) is 0 Å². The molecule has 0 aliphatic carbocycles. The first-order chi connectivity index (χ1) is 7.70. The van der Waals surface area contributed by atoms with Crippen LogP contribution < -0.4 is 5.73 Å². The van der Waals surface area contributed by atoms with E-state index in [1.807, 2.05) is 11.4 Å². The molecule has 0 radical (unpaired) electrons. The minimum atomic E-state index is 0.607. The summed E-state index contributed by atoms with van der Waals surface area (Å²) in [7, 11) is 0. The molecule has 1 heterocycles. The van der Waals surface area contributed by atoms with Crippen molar-refractivity contribution in [3.05, 3.63) is 38.6 Å². The van der Waals surface area contributed by atoms with Crippen LogP contribution in [0.1, 0.15) is 5.01 Å². The van der Waals surface area contributed by atoms with Gasteiger partial charge in [0.25, 0.3) is 0 Å². The van der Waals surface area contributed by atoms with E-state index in [-0.39, 0.29) is 0 Å². The van der Waals surface area contributed by atoms with Crippen LogP contribution in [0.2, 0.25) is 10.0 Å². The normalized spacial score (nSPS) is 10.7. The molecule has 2 N–H and O–H groups in total. The van der Waals surface area contributed by atoms with Crippen molar-refractivity contribution in [3.63, 3.8) is 0 Å². The lowest BCUT2D eigenvalue weighted by Crippen LogP contribution is -2.01. The highest BCUT2D eigenvalue weighted by Crippen LogP contribution is 2.31. The Morgan fingerprint density at radius 3 is 2.88 bits per heavy atom. The molecule has 0 aliphatic heterocycles. The van der Waals surface area contributed by atoms with Gasteiger partial charge in [0.1, 0.15) is 0 Å². The summed E-state index contributed by atoms with van der Waals surface area (Å²) in [4.78, 5) is 4.47. The predicted octanol–water partition coefficient (Wildman–Crippen LogP) is 3.62. The summed E-state index contributed by atoms with van der Waals surface area (Å²) in [5, 5.41) is 4.32. The lowest BCUT2D eigenvalue weighted by atomic mass is 10.2. The predicted molar refractivity (Wildman–Crippen MR) is 70.3 cm³/mol. The summed E-state index contributed by atoms with van der Waals surface area (Å²) >= 11 is 13.6. The molecule has 84 valence electrons. The maximum Gasteiger partial charge on any atom is 0.0945 e. The smallest absolute Gasteiger partial charge is 0.0945 e. The number of aromatic nitrogens is 1. The summed E-state index contributed by atoms with van der Waals surface area (Å²) < 4.78 is 0. The van der Waals surface area contributed by atoms with Gasteiger partial charge in [0, 0.05) is 22.4 Å². The van der Waals surface area contributed by atoms with Crippen molar-refractivity contribution in [2.24, 2.45) is 5.73 Å². The molecule has 2 nitrogen and oxygen atoms in total. The molecule has 2 rings (SSSR count). The Hall–Kier alpha value is -0.610. The van der Waals surface area contributed by atoms with Crippen LogP contribution in [0.15, 0.2) is 23.6 Å². The zero-order valence-corrected chi connectivity index (χ0v) is 10.7. The number of benzene rings is 1. The summed E-state index contributed by atoms with van der Waals surface area (Å²) in [6.45, 7) is 0.607. The van der Waals surface area contributed by atoms with E-state index in [0.717, 1.165) is 22.7 Å². The summed E-state index contributed by atoms with van der Waals surface area (Å²) in [5.74, 6) is 0. The van der Waals surface area contributed by atoms with Crippen molar-refractivity contribution in [3.8, 4) is 11.3 Å². The average Bonchev–Trinajstić information content (AvgIpc) is 2.71. The van der Waals surface area contributed by atoms with Crippen molar-refractivity contribution in [1.82, 2.24) is 4.98 Å². The van der Waals surface area contributed by atoms with E-state index in [0.29, 0.717) is 16.6 Å². The van der Waals surface area contributed by atoms with Crippen molar-refractivity contribution in [2.45, 2.75) is 6.42 Å². The minimum absolute atomic E-state index is 0.607. The Labute approximate surface area is 108 Å². The number of nitrogens with zero attached hydrogens (tertiary/aromatic N) is 1. The molecule has 0 aliphatic rings. The highest BCUT2D eigenvalue weighted by Gasteiger charge is 2.08. The largest absolute Gasteiger partial charge is 0.330 e.